The number of rotatable bonds is 6. The van der Waals surface area contributed by atoms with Crippen LogP contribution in [-0.2, 0) is 19.2 Å². The summed E-state index contributed by atoms with van der Waals surface area (Å²) in [7, 11) is 0. The number of aliphatic carboxylic acids is 1. The first-order valence-corrected chi connectivity index (χ1v) is 9.63. The Morgan fingerprint density at radius 3 is 2.50 bits per heavy atom. The van der Waals surface area contributed by atoms with E-state index >= 15 is 0 Å². The van der Waals surface area contributed by atoms with Gasteiger partial charge in [0.15, 0.2) is 0 Å². The number of fused-ring (bicyclic) bond motifs is 1. The van der Waals surface area contributed by atoms with Crippen LogP contribution in [0.2, 0.25) is 0 Å². The van der Waals surface area contributed by atoms with Gasteiger partial charge in [-0.2, -0.15) is 0 Å². The van der Waals surface area contributed by atoms with E-state index in [1.807, 2.05) is 0 Å². The Bertz CT molecular complexity index is 815. The molecule has 4 atom stereocenters. The molecule has 1 aromatic rings. The SMILES string of the molecule is CC1(C)S[C@@H]2C(NC(=O)C(NC(=O)CN)c3ccccc3)C(=O)N2[C@H]1C(=O)O. The zero-order valence-electron chi connectivity index (χ0n) is 15.4. The Hall–Kier alpha value is -2.59. The van der Waals surface area contributed by atoms with Crippen molar-refractivity contribution in [3.63, 3.8) is 0 Å². The number of thioether (sulfide) groups is 1. The van der Waals surface area contributed by atoms with Gasteiger partial charge >= 0.3 is 5.97 Å². The maximum atomic E-state index is 12.8. The fourth-order valence-corrected chi connectivity index (χ4v) is 5.17. The van der Waals surface area contributed by atoms with Crippen LogP contribution in [0.25, 0.3) is 0 Å². The molecule has 28 heavy (non-hydrogen) atoms. The molecule has 2 heterocycles. The third-order valence-corrected chi connectivity index (χ3v) is 6.43. The number of nitrogens with zero attached hydrogens (tertiary/aromatic N) is 1. The van der Waals surface area contributed by atoms with Crippen molar-refractivity contribution in [3.8, 4) is 0 Å². The number of carbonyl (C=O) groups is 4. The van der Waals surface area contributed by atoms with Gasteiger partial charge in [0.2, 0.25) is 17.7 Å². The second kappa shape index (κ2) is 7.44. The molecule has 10 heteroatoms. The highest BCUT2D eigenvalue weighted by atomic mass is 32.2. The van der Waals surface area contributed by atoms with Crippen molar-refractivity contribution < 1.29 is 24.3 Å². The number of hydrogen-bond donors (Lipinski definition) is 4. The summed E-state index contributed by atoms with van der Waals surface area (Å²) in [6, 6.07) is 5.80. The largest absolute Gasteiger partial charge is 0.480 e. The van der Waals surface area contributed by atoms with Gasteiger partial charge in [0, 0.05) is 4.75 Å². The molecule has 2 aliphatic heterocycles. The van der Waals surface area contributed by atoms with Gasteiger partial charge in [-0.25, -0.2) is 4.79 Å². The maximum Gasteiger partial charge on any atom is 0.327 e. The molecule has 0 saturated carbocycles. The van der Waals surface area contributed by atoms with Crippen molar-refractivity contribution in [2.24, 2.45) is 5.73 Å². The van der Waals surface area contributed by atoms with Crippen molar-refractivity contribution in [3.05, 3.63) is 35.9 Å². The van der Waals surface area contributed by atoms with Gasteiger partial charge in [-0.3, -0.25) is 14.4 Å². The van der Waals surface area contributed by atoms with Crippen molar-refractivity contribution in [2.45, 2.75) is 42.1 Å². The summed E-state index contributed by atoms with van der Waals surface area (Å²) >= 11 is 1.34. The summed E-state index contributed by atoms with van der Waals surface area (Å²) < 4.78 is -0.682. The number of nitrogens with one attached hydrogen (secondary N) is 2. The van der Waals surface area contributed by atoms with Crippen molar-refractivity contribution in [2.75, 3.05) is 6.54 Å². The minimum atomic E-state index is -1.07. The first-order valence-electron chi connectivity index (χ1n) is 8.75. The molecule has 2 fully saturated rings. The molecule has 0 radical (unpaired) electrons. The summed E-state index contributed by atoms with van der Waals surface area (Å²) in [5, 5.41) is 14.2. The minimum absolute atomic E-state index is 0.278. The molecule has 0 spiro atoms. The summed E-state index contributed by atoms with van der Waals surface area (Å²) in [5.74, 6) is -2.58. The zero-order valence-corrected chi connectivity index (χ0v) is 16.2. The molecule has 0 aromatic heterocycles. The lowest BCUT2D eigenvalue weighted by molar-refractivity contribution is -0.161. The van der Waals surface area contributed by atoms with Crippen LogP contribution in [-0.4, -0.2) is 62.4 Å². The third-order valence-electron chi connectivity index (χ3n) is 4.86. The van der Waals surface area contributed by atoms with E-state index in [9.17, 15) is 24.3 Å². The highest BCUT2D eigenvalue weighted by Crippen LogP contribution is 2.50. The smallest absolute Gasteiger partial charge is 0.327 e. The van der Waals surface area contributed by atoms with E-state index in [1.165, 1.54) is 16.7 Å². The van der Waals surface area contributed by atoms with E-state index in [0.29, 0.717) is 5.56 Å². The molecule has 1 aromatic carbocycles. The van der Waals surface area contributed by atoms with Gasteiger partial charge in [0.05, 0.1) is 6.54 Å². The first kappa shape index (κ1) is 20.2. The van der Waals surface area contributed by atoms with E-state index in [-0.39, 0.29) is 6.54 Å². The van der Waals surface area contributed by atoms with Crippen LogP contribution in [0.5, 0.6) is 0 Å². The number of carbonyl (C=O) groups excluding carboxylic acids is 3. The zero-order chi connectivity index (χ0) is 20.6. The Labute approximate surface area is 166 Å². The van der Waals surface area contributed by atoms with Crippen LogP contribution >= 0.6 is 11.8 Å². The van der Waals surface area contributed by atoms with Crippen LogP contribution in [0.3, 0.4) is 0 Å². The molecule has 0 aliphatic carbocycles. The Balaban J connectivity index is 1.77. The minimum Gasteiger partial charge on any atom is -0.480 e. The Kier molecular flexibility index (Phi) is 5.35. The molecule has 9 nitrogen and oxygen atoms in total. The average molecular weight is 406 g/mol. The van der Waals surface area contributed by atoms with Crippen LogP contribution in [0.15, 0.2) is 30.3 Å². The molecule has 3 amide bonds. The molecular weight excluding hydrogens is 384 g/mol. The number of amides is 3. The number of benzene rings is 1. The molecule has 2 aliphatic rings. The number of nitrogens with two attached hydrogens (primary N) is 1. The summed E-state index contributed by atoms with van der Waals surface area (Å²) in [4.78, 5) is 50.0. The Morgan fingerprint density at radius 1 is 1.29 bits per heavy atom. The molecule has 2 unspecified atom stereocenters. The number of carboxylic acids is 1. The molecule has 3 rings (SSSR count). The van der Waals surface area contributed by atoms with Crippen LogP contribution in [0, 0.1) is 0 Å². The van der Waals surface area contributed by atoms with Crippen LogP contribution < -0.4 is 16.4 Å². The third kappa shape index (κ3) is 3.45. The Morgan fingerprint density at radius 2 is 1.93 bits per heavy atom. The second-order valence-corrected chi connectivity index (χ2v) is 8.97. The van der Waals surface area contributed by atoms with E-state index < -0.39 is 51.9 Å². The van der Waals surface area contributed by atoms with Crippen LogP contribution in [0.4, 0.5) is 0 Å². The van der Waals surface area contributed by atoms with Gasteiger partial charge in [0.25, 0.3) is 0 Å². The van der Waals surface area contributed by atoms with Crippen molar-refractivity contribution >= 4 is 35.5 Å². The molecular formula is C18H22N4O5S. The fourth-order valence-electron chi connectivity index (χ4n) is 3.55. The highest BCUT2D eigenvalue weighted by Gasteiger charge is 2.64. The lowest BCUT2D eigenvalue weighted by atomic mass is 9.95. The molecule has 0 bridgehead atoms. The van der Waals surface area contributed by atoms with E-state index in [4.69, 9.17) is 5.73 Å². The highest BCUT2D eigenvalue weighted by molar-refractivity contribution is 8.01. The number of β-lactam (4-membered cyclic amide) rings is 1. The monoisotopic (exact) mass is 406 g/mol. The van der Waals surface area contributed by atoms with Gasteiger partial charge in [-0.15, -0.1) is 11.8 Å². The van der Waals surface area contributed by atoms with Gasteiger partial charge in [-0.05, 0) is 19.4 Å². The predicted octanol–water partition coefficient (Wildman–Crippen LogP) is -0.566. The quantitative estimate of drug-likeness (QED) is 0.464. The summed E-state index contributed by atoms with van der Waals surface area (Å²) in [6.45, 7) is 3.24. The number of carboxylic acid groups (broad SMARTS) is 1. The maximum absolute atomic E-state index is 12.8. The topological polar surface area (TPSA) is 142 Å². The van der Waals surface area contributed by atoms with E-state index in [2.05, 4.69) is 10.6 Å². The molecule has 150 valence electrons. The van der Waals surface area contributed by atoms with Crippen molar-refractivity contribution in [1.29, 1.82) is 0 Å². The van der Waals surface area contributed by atoms with Gasteiger partial charge in [-0.1, -0.05) is 30.3 Å². The van der Waals surface area contributed by atoms with Crippen LogP contribution in [0.1, 0.15) is 25.5 Å². The van der Waals surface area contributed by atoms with Crippen molar-refractivity contribution in [1.82, 2.24) is 15.5 Å². The molecule has 2 saturated heterocycles. The van der Waals surface area contributed by atoms with E-state index in [1.54, 1.807) is 44.2 Å². The first-order chi connectivity index (χ1) is 13.2. The number of hydrogen-bond acceptors (Lipinski definition) is 6. The van der Waals surface area contributed by atoms with Gasteiger partial charge < -0.3 is 26.4 Å². The van der Waals surface area contributed by atoms with Gasteiger partial charge in [0.1, 0.15) is 23.5 Å². The average Bonchev–Trinajstić information content (AvgIpc) is 2.92. The molecule has 5 N–H and O–H groups in total. The lowest BCUT2D eigenvalue weighted by Crippen LogP contribution is -2.71. The standard InChI is InChI=1S/C18H22N4O5S/c1-18(2)13(17(26)27)22-15(25)12(16(22)28-18)21-14(24)11(20-10(23)8-19)9-6-4-3-5-7-9/h3-7,11-13,16H,8,19H2,1-2H3,(H,20,23)(H,21,24)(H,26,27)/t11?,12?,13-,16+/m0/s1. The normalized spacial score (nSPS) is 26.0. The predicted molar refractivity (Wildman–Crippen MR) is 102 cm³/mol. The van der Waals surface area contributed by atoms with E-state index in [0.717, 1.165) is 0 Å². The summed E-state index contributed by atoms with van der Waals surface area (Å²) in [5.41, 5.74) is 5.89. The second-order valence-electron chi connectivity index (χ2n) is 7.20. The summed E-state index contributed by atoms with van der Waals surface area (Å²) in [6.07, 6.45) is 0. The lowest BCUT2D eigenvalue weighted by Gasteiger charge is -2.44. The fraction of sp³-hybridized carbons (Fsp3) is 0.444.